The average molecular weight is 248 g/mol. The number of ether oxygens (including phenoxy) is 1. The second-order valence-corrected chi connectivity index (χ2v) is 5.52. The summed E-state index contributed by atoms with van der Waals surface area (Å²) in [4.78, 5) is 0. The molecule has 0 aliphatic heterocycles. The van der Waals surface area contributed by atoms with E-state index in [0.29, 0.717) is 18.9 Å². The summed E-state index contributed by atoms with van der Waals surface area (Å²) in [6.45, 7) is 6.89. The maximum Gasteiger partial charge on any atom is 0.0865 e. The van der Waals surface area contributed by atoms with Crippen molar-refractivity contribution in [2.45, 2.75) is 52.2 Å². The van der Waals surface area contributed by atoms with Gasteiger partial charge >= 0.3 is 0 Å². The zero-order valence-corrected chi connectivity index (χ0v) is 11.6. The van der Waals surface area contributed by atoms with Crippen molar-refractivity contribution in [3.63, 3.8) is 0 Å². The molecule has 2 rings (SSSR count). The van der Waals surface area contributed by atoms with Gasteiger partial charge in [0.15, 0.2) is 0 Å². The minimum atomic E-state index is -0.376. The minimum Gasteiger partial charge on any atom is -0.390 e. The van der Waals surface area contributed by atoms with E-state index >= 15 is 0 Å². The van der Waals surface area contributed by atoms with E-state index in [1.54, 1.807) is 0 Å². The highest BCUT2D eigenvalue weighted by Crippen LogP contribution is 2.36. The smallest absolute Gasteiger partial charge is 0.0865 e. The predicted octanol–water partition coefficient (Wildman–Crippen LogP) is 3.02. The van der Waals surface area contributed by atoms with Gasteiger partial charge in [-0.2, -0.15) is 0 Å². The van der Waals surface area contributed by atoms with Crippen molar-refractivity contribution >= 4 is 0 Å². The summed E-state index contributed by atoms with van der Waals surface area (Å²) in [5.41, 5.74) is 3.73. The quantitative estimate of drug-likeness (QED) is 0.838. The molecule has 1 fully saturated rings. The van der Waals surface area contributed by atoms with Gasteiger partial charge < -0.3 is 9.84 Å². The molecule has 0 spiro atoms. The zero-order valence-electron chi connectivity index (χ0n) is 11.6. The molecule has 0 bridgehead atoms. The summed E-state index contributed by atoms with van der Waals surface area (Å²) in [5.74, 6) is 0.575. The van der Waals surface area contributed by atoms with Crippen molar-refractivity contribution in [2.24, 2.45) is 5.92 Å². The summed E-state index contributed by atoms with van der Waals surface area (Å²) >= 11 is 0. The van der Waals surface area contributed by atoms with Crippen LogP contribution in [0.1, 0.15) is 36.5 Å². The van der Waals surface area contributed by atoms with E-state index in [-0.39, 0.29) is 12.2 Å². The summed E-state index contributed by atoms with van der Waals surface area (Å²) in [6, 6.07) is 6.48. The van der Waals surface area contributed by atoms with Crippen LogP contribution in [-0.4, -0.2) is 23.9 Å². The molecular formula is C16H24O2. The van der Waals surface area contributed by atoms with E-state index in [1.807, 2.05) is 6.92 Å². The highest BCUT2D eigenvalue weighted by atomic mass is 16.5. The second-order valence-electron chi connectivity index (χ2n) is 5.52. The Morgan fingerprint density at radius 2 is 1.83 bits per heavy atom. The van der Waals surface area contributed by atoms with E-state index < -0.39 is 0 Å². The Morgan fingerprint density at radius 3 is 2.33 bits per heavy atom. The van der Waals surface area contributed by atoms with Gasteiger partial charge in [0.25, 0.3) is 0 Å². The van der Waals surface area contributed by atoms with Crippen LogP contribution in [0.25, 0.3) is 0 Å². The highest BCUT2D eigenvalue weighted by molar-refractivity contribution is 5.29. The van der Waals surface area contributed by atoms with Crippen molar-refractivity contribution in [1.29, 1.82) is 0 Å². The lowest BCUT2D eigenvalue weighted by atomic mass is 9.98. The predicted molar refractivity (Wildman–Crippen MR) is 73.8 cm³/mol. The lowest BCUT2D eigenvalue weighted by molar-refractivity contribution is -0.0439. The first-order valence-electron chi connectivity index (χ1n) is 6.97. The molecule has 1 aliphatic carbocycles. The number of aliphatic hydroxyl groups is 1. The molecule has 0 aromatic heterocycles. The number of hydrogen-bond acceptors (Lipinski definition) is 2. The monoisotopic (exact) mass is 248 g/mol. The number of hydrogen-bond donors (Lipinski definition) is 1. The lowest BCUT2D eigenvalue weighted by Crippen LogP contribution is -2.32. The summed E-state index contributed by atoms with van der Waals surface area (Å²) < 4.78 is 5.71. The molecule has 2 atom stereocenters. The van der Waals surface area contributed by atoms with Crippen molar-refractivity contribution in [3.05, 3.63) is 34.9 Å². The van der Waals surface area contributed by atoms with Crippen LogP contribution >= 0.6 is 0 Å². The van der Waals surface area contributed by atoms with Crippen LogP contribution in [0.5, 0.6) is 0 Å². The fourth-order valence-electron chi connectivity index (χ4n) is 2.72. The van der Waals surface area contributed by atoms with Crippen LogP contribution in [0.4, 0.5) is 0 Å². The van der Waals surface area contributed by atoms with E-state index in [4.69, 9.17) is 4.74 Å². The number of aliphatic hydroxyl groups excluding tert-OH is 1. The first kappa shape index (κ1) is 13.6. The highest BCUT2D eigenvalue weighted by Gasteiger charge is 2.36. The molecule has 0 saturated heterocycles. The Balaban J connectivity index is 2.02. The van der Waals surface area contributed by atoms with Gasteiger partial charge in [0.05, 0.1) is 12.2 Å². The SMILES string of the molecule is CCOC(C(O)Cc1cc(C)cc(C)c1)C1CC1. The Kier molecular flexibility index (Phi) is 4.41. The summed E-state index contributed by atoms with van der Waals surface area (Å²) in [5, 5.41) is 10.4. The van der Waals surface area contributed by atoms with Crippen LogP contribution in [0.3, 0.4) is 0 Å². The normalized spacial score (nSPS) is 18.7. The first-order chi connectivity index (χ1) is 8.60. The second kappa shape index (κ2) is 5.85. The van der Waals surface area contributed by atoms with Crippen molar-refractivity contribution < 1.29 is 9.84 Å². The molecule has 2 unspecified atom stereocenters. The van der Waals surface area contributed by atoms with Crippen LogP contribution in [0.15, 0.2) is 18.2 Å². The number of aryl methyl sites for hydroxylation is 2. The third-order valence-electron chi connectivity index (χ3n) is 3.55. The maximum atomic E-state index is 10.4. The van der Waals surface area contributed by atoms with Gasteiger partial charge in [-0.1, -0.05) is 29.3 Å². The molecule has 1 saturated carbocycles. The maximum absolute atomic E-state index is 10.4. The molecule has 1 aliphatic rings. The summed E-state index contributed by atoms with van der Waals surface area (Å²) in [6.07, 6.45) is 2.75. The molecule has 0 heterocycles. The molecule has 1 aromatic carbocycles. The van der Waals surface area contributed by atoms with Gasteiger partial charge in [-0.3, -0.25) is 0 Å². The van der Waals surface area contributed by atoms with Crippen LogP contribution < -0.4 is 0 Å². The van der Waals surface area contributed by atoms with Crippen molar-refractivity contribution in [2.75, 3.05) is 6.61 Å². The first-order valence-corrected chi connectivity index (χ1v) is 6.97. The van der Waals surface area contributed by atoms with E-state index in [0.717, 1.165) is 0 Å². The van der Waals surface area contributed by atoms with Gasteiger partial charge in [-0.05, 0) is 45.1 Å². The number of benzene rings is 1. The largest absolute Gasteiger partial charge is 0.390 e. The standard InChI is InChI=1S/C16H24O2/c1-4-18-16(14-5-6-14)15(17)10-13-8-11(2)7-12(3)9-13/h7-9,14-17H,4-6,10H2,1-3H3. The molecule has 18 heavy (non-hydrogen) atoms. The van der Waals surface area contributed by atoms with Crippen molar-refractivity contribution in [1.82, 2.24) is 0 Å². The van der Waals surface area contributed by atoms with Crippen LogP contribution in [-0.2, 0) is 11.2 Å². The van der Waals surface area contributed by atoms with Gasteiger partial charge in [0, 0.05) is 13.0 Å². The molecule has 100 valence electrons. The Hall–Kier alpha value is -0.860. The summed E-state index contributed by atoms with van der Waals surface area (Å²) in [7, 11) is 0. The zero-order chi connectivity index (χ0) is 13.1. The number of rotatable bonds is 6. The van der Waals surface area contributed by atoms with Gasteiger partial charge in [-0.25, -0.2) is 0 Å². The third-order valence-corrected chi connectivity index (χ3v) is 3.55. The minimum absolute atomic E-state index is 0.0239. The van der Waals surface area contributed by atoms with Gasteiger partial charge in [0.1, 0.15) is 0 Å². The van der Waals surface area contributed by atoms with Crippen molar-refractivity contribution in [3.8, 4) is 0 Å². The Labute approximate surface area is 110 Å². The van der Waals surface area contributed by atoms with Gasteiger partial charge in [-0.15, -0.1) is 0 Å². The lowest BCUT2D eigenvalue weighted by Gasteiger charge is -2.23. The molecule has 1 aromatic rings. The molecule has 0 amide bonds. The van der Waals surface area contributed by atoms with E-state index in [1.165, 1.54) is 29.5 Å². The van der Waals surface area contributed by atoms with Gasteiger partial charge in [0.2, 0.25) is 0 Å². The fraction of sp³-hybridized carbons (Fsp3) is 0.625. The topological polar surface area (TPSA) is 29.5 Å². The van der Waals surface area contributed by atoms with E-state index in [9.17, 15) is 5.11 Å². The molecule has 2 nitrogen and oxygen atoms in total. The van der Waals surface area contributed by atoms with Crippen LogP contribution in [0, 0.1) is 19.8 Å². The molecule has 0 radical (unpaired) electrons. The Bertz CT molecular complexity index is 376. The Morgan fingerprint density at radius 1 is 1.22 bits per heavy atom. The van der Waals surface area contributed by atoms with Crippen LogP contribution in [0.2, 0.25) is 0 Å². The fourth-order valence-corrected chi connectivity index (χ4v) is 2.72. The average Bonchev–Trinajstić information content (AvgIpc) is 3.07. The molecule has 1 N–H and O–H groups in total. The third kappa shape index (κ3) is 3.56. The van der Waals surface area contributed by atoms with E-state index in [2.05, 4.69) is 32.0 Å². The molecule has 2 heteroatoms. The molecular weight excluding hydrogens is 224 g/mol.